The second kappa shape index (κ2) is 9.54. The monoisotopic (exact) mass is 421 g/mol. The number of carbonyl (C=O) groups is 1. The van der Waals surface area contributed by atoms with Gasteiger partial charge in [0.05, 0.1) is 23.8 Å². The van der Waals surface area contributed by atoms with E-state index in [1.807, 2.05) is 6.79 Å². The van der Waals surface area contributed by atoms with E-state index in [1.165, 1.54) is 30.6 Å². The van der Waals surface area contributed by atoms with Crippen LogP contribution in [0.1, 0.15) is 5.82 Å². The highest BCUT2D eigenvalue weighted by molar-refractivity contribution is 5.69. The maximum Gasteiger partial charge on any atom is 0.573 e. The van der Waals surface area contributed by atoms with E-state index in [0.717, 1.165) is 6.07 Å². The molecule has 0 fully saturated rings. The minimum Gasteiger partial charge on any atom is -0.439 e. The predicted octanol–water partition coefficient (Wildman–Crippen LogP) is 4.04. The largest absolute Gasteiger partial charge is 0.573 e. The van der Waals surface area contributed by atoms with Crippen LogP contribution in [0.4, 0.5) is 30.4 Å². The third-order valence-corrected chi connectivity index (χ3v) is 3.60. The lowest BCUT2D eigenvalue weighted by Crippen LogP contribution is -2.17. The number of nitrogens with zero attached hydrogens (tertiary/aromatic N) is 4. The molecule has 3 rings (SSSR count). The minimum absolute atomic E-state index is 0.158. The first-order chi connectivity index (χ1) is 14.2. The van der Waals surface area contributed by atoms with Gasteiger partial charge < -0.3 is 24.9 Å². The van der Waals surface area contributed by atoms with Crippen LogP contribution in [0.5, 0.6) is 17.4 Å². The number of hydrogen-bond donors (Lipinski definition) is 1. The summed E-state index contributed by atoms with van der Waals surface area (Å²) in [6.07, 6.45) is -1.72. The number of ether oxygens (including phenoxy) is 2. The number of halogens is 3. The molecule has 0 saturated carbocycles. The van der Waals surface area contributed by atoms with E-state index in [2.05, 4.69) is 19.7 Å². The molecule has 0 radical (unpaired) electrons. The molecule has 0 atom stereocenters. The van der Waals surface area contributed by atoms with E-state index in [0.29, 0.717) is 23.0 Å². The molecule has 158 valence electrons. The molecule has 0 spiro atoms. The standard InChI is InChI=1S/C18H16F3N5O2.CH2O/c1-11-23-10-15(22)17(25-11)26(2)12-6-7-16(24-9-12)27-13-4-3-5-14(8-13)28-18(19,20)21;1-2/h3-10H,22H2,1-2H3;1H2. The van der Waals surface area contributed by atoms with E-state index in [1.54, 1.807) is 31.0 Å². The average Bonchev–Trinajstić information content (AvgIpc) is 2.70. The lowest BCUT2D eigenvalue weighted by atomic mass is 10.3. The Morgan fingerprint density at radius 2 is 1.77 bits per heavy atom. The number of hydrogen-bond acceptors (Lipinski definition) is 8. The number of benzene rings is 1. The Balaban J connectivity index is 0.00000155. The van der Waals surface area contributed by atoms with Crippen LogP contribution < -0.4 is 20.1 Å². The van der Waals surface area contributed by atoms with Gasteiger partial charge in [0, 0.05) is 19.2 Å². The third-order valence-electron chi connectivity index (χ3n) is 3.60. The van der Waals surface area contributed by atoms with E-state index >= 15 is 0 Å². The zero-order valence-corrected chi connectivity index (χ0v) is 16.1. The van der Waals surface area contributed by atoms with Crippen molar-refractivity contribution in [1.82, 2.24) is 15.0 Å². The molecule has 30 heavy (non-hydrogen) atoms. The van der Waals surface area contributed by atoms with Crippen molar-refractivity contribution in [2.24, 2.45) is 0 Å². The summed E-state index contributed by atoms with van der Waals surface area (Å²) < 4.78 is 46.3. The number of carbonyl (C=O) groups excluding carboxylic acids is 1. The molecule has 0 amide bonds. The van der Waals surface area contributed by atoms with Crippen molar-refractivity contribution < 1.29 is 27.4 Å². The zero-order valence-electron chi connectivity index (χ0n) is 16.1. The minimum atomic E-state index is -4.77. The summed E-state index contributed by atoms with van der Waals surface area (Å²) in [7, 11) is 1.77. The third kappa shape index (κ3) is 6.06. The van der Waals surface area contributed by atoms with Crippen molar-refractivity contribution in [1.29, 1.82) is 0 Å². The molecule has 11 heteroatoms. The molecule has 0 aliphatic carbocycles. The van der Waals surface area contributed by atoms with Crippen LogP contribution in [0.15, 0.2) is 48.8 Å². The highest BCUT2D eigenvalue weighted by Gasteiger charge is 2.31. The molecule has 8 nitrogen and oxygen atoms in total. The summed E-state index contributed by atoms with van der Waals surface area (Å²) in [5.74, 6) is 1.08. The lowest BCUT2D eigenvalue weighted by molar-refractivity contribution is -0.274. The molecule has 1 aromatic carbocycles. The van der Waals surface area contributed by atoms with E-state index in [4.69, 9.17) is 15.3 Å². The van der Waals surface area contributed by atoms with Gasteiger partial charge in [-0.25, -0.2) is 15.0 Å². The van der Waals surface area contributed by atoms with Gasteiger partial charge in [0.1, 0.15) is 24.1 Å². The molecule has 0 unspecified atom stereocenters. The van der Waals surface area contributed by atoms with Gasteiger partial charge >= 0.3 is 6.36 Å². The number of aryl methyl sites for hydroxylation is 1. The van der Waals surface area contributed by atoms with Gasteiger partial charge in [0.15, 0.2) is 5.82 Å². The fraction of sp³-hybridized carbons (Fsp3) is 0.158. The van der Waals surface area contributed by atoms with Gasteiger partial charge in [-0.2, -0.15) is 0 Å². The number of anilines is 3. The van der Waals surface area contributed by atoms with Gasteiger partial charge in [-0.05, 0) is 25.1 Å². The fourth-order valence-corrected chi connectivity index (χ4v) is 2.35. The quantitative estimate of drug-likeness (QED) is 0.659. The molecule has 0 bridgehead atoms. The molecule has 2 heterocycles. The van der Waals surface area contributed by atoms with Gasteiger partial charge in [0.2, 0.25) is 5.88 Å². The molecule has 0 aliphatic rings. The van der Waals surface area contributed by atoms with Gasteiger partial charge in [0.25, 0.3) is 0 Å². The Bertz CT molecular complexity index is 984. The Morgan fingerprint density at radius 1 is 1.07 bits per heavy atom. The summed E-state index contributed by atoms with van der Waals surface area (Å²) in [4.78, 5) is 22.2. The van der Waals surface area contributed by atoms with Crippen molar-refractivity contribution >= 4 is 24.0 Å². The second-order valence-corrected chi connectivity index (χ2v) is 5.73. The summed E-state index contributed by atoms with van der Waals surface area (Å²) in [6, 6.07) is 8.48. The SMILES string of the molecule is C=O.Cc1ncc(N)c(N(C)c2ccc(Oc3cccc(OC(F)(F)F)c3)nc2)n1. The maximum atomic E-state index is 12.3. The van der Waals surface area contributed by atoms with Crippen molar-refractivity contribution in [3.05, 3.63) is 54.6 Å². The Labute approximate surface area is 170 Å². The number of pyridine rings is 1. The smallest absolute Gasteiger partial charge is 0.439 e. The number of aromatic nitrogens is 3. The molecule has 2 aromatic heterocycles. The van der Waals surface area contributed by atoms with Crippen molar-refractivity contribution in [2.45, 2.75) is 13.3 Å². The summed E-state index contributed by atoms with van der Waals surface area (Å²) in [6.45, 7) is 3.75. The van der Waals surface area contributed by atoms with Crippen LogP contribution in [0.2, 0.25) is 0 Å². The van der Waals surface area contributed by atoms with Crippen LogP contribution in [0.25, 0.3) is 0 Å². The van der Waals surface area contributed by atoms with Crippen molar-refractivity contribution in [3.8, 4) is 17.4 Å². The Hall–Kier alpha value is -3.89. The van der Waals surface area contributed by atoms with Crippen molar-refractivity contribution in [3.63, 3.8) is 0 Å². The van der Waals surface area contributed by atoms with Crippen LogP contribution in [-0.2, 0) is 4.79 Å². The number of nitrogen functional groups attached to an aromatic ring is 1. The highest BCUT2D eigenvalue weighted by Crippen LogP contribution is 2.30. The maximum absolute atomic E-state index is 12.3. The fourth-order valence-electron chi connectivity index (χ4n) is 2.35. The van der Waals surface area contributed by atoms with Crippen LogP contribution in [0.3, 0.4) is 0 Å². The van der Waals surface area contributed by atoms with Crippen molar-refractivity contribution in [2.75, 3.05) is 17.7 Å². The van der Waals surface area contributed by atoms with Crippen LogP contribution >= 0.6 is 0 Å². The molecule has 2 N–H and O–H groups in total. The molecule has 0 saturated heterocycles. The first-order valence-corrected chi connectivity index (χ1v) is 8.33. The molecular formula is C19H18F3N5O3. The van der Waals surface area contributed by atoms with E-state index < -0.39 is 6.36 Å². The predicted molar refractivity (Wildman–Crippen MR) is 104 cm³/mol. The highest BCUT2D eigenvalue weighted by atomic mass is 19.4. The molecular weight excluding hydrogens is 403 g/mol. The first kappa shape index (κ1) is 22.4. The van der Waals surface area contributed by atoms with E-state index in [-0.39, 0.29) is 17.4 Å². The van der Waals surface area contributed by atoms with E-state index in [9.17, 15) is 13.2 Å². The Morgan fingerprint density at radius 3 is 2.40 bits per heavy atom. The summed E-state index contributed by atoms with van der Waals surface area (Å²) >= 11 is 0. The summed E-state index contributed by atoms with van der Waals surface area (Å²) in [5.41, 5.74) is 7.01. The second-order valence-electron chi connectivity index (χ2n) is 5.73. The molecule has 3 aromatic rings. The number of alkyl halides is 3. The first-order valence-electron chi connectivity index (χ1n) is 8.33. The topological polar surface area (TPSA) is 103 Å². The lowest BCUT2D eigenvalue weighted by Gasteiger charge is -2.19. The number of nitrogens with two attached hydrogens (primary N) is 1. The van der Waals surface area contributed by atoms with Gasteiger partial charge in [-0.15, -0.1) is 13.2 Å². The normalized spacial score (nSPS) is 10.6. The van der Waals surface area contributed by atoms with Crippen LogP contribution in [0, 0.1) is 6.92 Å². The van der Waals surface area contributed by atoms with Gasteiger partial charge in [-0.1, -0.05) is 6.07 Å². The van der Waals surface area contributed by atoms with Crippen LogP contribution in [-0.4, -0.2) is 35.2 Å². The molecule has 0 aliphatic heterocycles. The summed E-state index contributed by atoms with van der Waals surface area (Å²) in [5, 5.41) is 0. The van der Waals surface area contributed by atoms with Gasteiger partial charge in [-0.3, -0.25) is 0 Å². The number of rotatable bonds is 5. The Kier molecular flexibility index (Phi) is 7.13. The zero-order chi connectivity index (χ0) is 22.3. The average molecular weight is 421 g/mol.